The van der Waals surface area contributed by atoms with Crippen LogP contribution in [-0.4, -0.2) is 73.6 Å². The summed E-state index contributed by atoms with van der Waals surface area (Å²) in [6, 6.07) is 2.39. The summed E-state index contributed by atoms with van der Waals surface area (Å²) in [5.41, 5.74) is -1.50. The molecule has 7 heteroatoms. The second-order valence-electron chi connectivity index (χ2n) is 7.23. The van der Waals surface area contributed by atoms with Crippen LogP contribution in [0, 0.1) is 11.3 Å². The highest BCUT2D eigenvalue weighted by Gasteiger charge is 2.49. The van der Waals surface area contributed by atoms with Crippen molar-refractivity contribution < 1.29 is 14.3 Å². The summed E-state index contributed by atoms with van der Waals surface area (Å²) in [7, 11) is 4.91. The third kappa shape index (κ3) is 3.65. The first-order valence-electron chi connectivity index (χ1n) is 9.10. The van der Waals surface area contributed by atoms with Crippen LogP contribution in [0.4, 0.5) is 0 Å². The second-order valence-corrected chi connectivity index (χ2v) is 7.23. The quantitative estimate of drug-likeness (QED) is 0.769. The zero-order chi connectivity index (χ0) is 18.5. The van der Waals surface area contributed by atoms with Crippen molar-refractivity contribution in [2.24, 2.45) is 0 Å². The Kier molecular flexibility index (Phi) is 6.42. The second kappa shape index (κ2) is 8.15. The van der Waals surface area contributed by atoms with Crippen molar-refractivity contribution >= 4 is 11.8 Å². The summed E-state index contributed by atoms with van der Waals surface area (Å²) in [4.78, 5) is 29.0. The summed E-state index contributed by atoms with van der Waals surface area (Å²) >= 11 is 0. The van der Waals surface area contributed by atoms with Gasteiger partial charge in [-0.15, -0.1) is 0 Å². The van der Waals surface area contributed by atoms with Gasteiger partial charge in [-0.2, -0.15) is 5.26 Å². The van der Waals surface area contributed by atoms with E-state index in [9.17, 15) is 14.9 Å². The molecule has 2 rings (SSSR count). The third-order valence-electron chi connectivity index (χ3n) is 5.89. The van der Waals surface area contributed by atoms with Gasteiger partial charge in [-0.1, -0.05) is 19.3 Å². The van der Waals surface area contributed by atoms with Crippen LogP contribution in [0.2, 0.25) is 0 Å². The van der Waals surface area contributed by atoms with Crippen LogP contribution in [0.3, 0.4) is 0 Å². The zero-order valence-electron chi connectivity index (χ0n) is 15.6. The standard InChI is InChI=1S/C18H30N4O3/c1-20-16(24)18(14-25-3)10-7-11-22(18)12-15(23)21(2)17(13-19)8-5-4-6-9-17/h4-12,14H2,1-3H3,(H,20,24). The lowest BCUT2D eigenvalue weighted by atomic mass is 9.81. The first-order chi connectivity index (χ1) is 12.0. The summed E-state index contributed by atoms with van der Waals surface area (Å²) in [6.07, 6.45) is 6.03. The minimum absolute atomic E-state index is 0.102. The molecule has 140 valence electrons. The van der Waals surface area contributed by atoms with Gasteiger partial charge in [-0.25, -0.2) is 0 Å². The number of carbonyl (C=O) groups is 2. The number of methoxy groups -OCH3 is 1. The van der Waals surface area contributed by atoms with Crippen LogP contribution in [0.5, 0.6) is 0 Å². The van der Waals surface area contributed by atoms with Gasteiger partial charge in [0.1, 0.15) is 11.1 Å². The molecule has 25 heavy (non-hydrogen) atoms. The number of nitrogens with one attached hydrogen (secondary N) is 1. The Balaban J connectivity index is 2.15. The van der Waals surface area contributed by atoms with Gasteiger partial charge in [0.05, 0.1) is 19.2 Å². The highest BCUT2D eigenvalue weighted by Crippen LogP contribution is 2.34. The molecule has 0 radical (unpaired) electrons. The van der Waals surface area contributed by atoms with Gasteiger partial charge < -0.3 is 15.0 Å². The molecule has 1 N–H and O–H groups in total. The van der Waals surface area contributed by atoms with Gasteiger partial charge in [-0.3, -0.25) is 14.5 Å². The number of nitriles is 1. The van der Waals surface area contributed by atoms with Gasteiger partial charge in [0.15, 0.2) is 0 Å². The first kappa shape index (κ1) is 19.7. The monoisotopic (exact) mass is 350 g/mol. The summed E-state index contributed by atoms with van der Waals surface area (Å²) in [5, 5.41) is 12.4. The lowest BCUT2D eigenvalue weighted by molar-refractivity contribution is -0.142. The lowest BCUT2D eigenvalue weighted by Gasteiger charge is -2.41. The van der Waals surface area contributed by atoms with E-state index < -0.39 is 11.1 Å². The molecule has 1 heterocycles. The van der Waals surface area contributed by atoms with Gasteiger partial charge in [-0.05, 0) is 32.2 Å². The van der Waals surface area contributed by atoms with Gasteiger partial charge >= 0.3 is 0 Å². The van der Waals surface area contributed by atoms with Crippen LogP contribution in [0.25, 0.3) is 0 Å². The normalized spacial score (nSPS) is 26.0. The van der Waals surface area contributed by atoms with Crippen molar-refractivity contribution in [2.75, 3.05) is 40.9 Å². The fourth-order valence-electron chi connectivity index (χ4n) is 4.29. The van der Waals surface area contributed by atoms with Gasteiger partial charge in [0.2, 0.25) is 11.8 Å². The number of nitrogens with zero attached hydrogens (tertiary/aromatic N) is 3. The topological polar surface area (TPSA) is 85.7 Å². The number of carbonyl (C=O) groups excluding carboxylic acids is 2. The van der Waals surface area contributed by atoms with E-state index >= 15 is 0 Å². The van der Waals surface area contributed by atoms with E-state index in [1.54, 1.807) is 26.1 Å². The Morgan fingerprint density at radius 2 is 1.92 bits per heavy atom. The molecule has 2 aliphatic rings. The Morgan fingerprint density at radius 3 is 2.48 bits per heavy atom. The molecule has 0 aromatic carbocycles. The fourth-order valence-corrected chi connectivity index (χ4v) is 4.29. The average molecular weight is 350 g/mol. The minimum Gasteiger partial charge on any atom is -0.382 e. The van der Waals surface area contributed by atoms with Gasteiger partial charge in [0.25, 0.3) is 0 Å². The fraction of sp³-hybridized carbons (Fsp3) is 0.833. The van der Waals surface area contributed by atoms with Crippen molar-refractivity contribution in [1.29, 1.82) is 5.26 Å². The Bertz CT molecular complexity index is 539. The van der Waals surface area contributed by atoms with E-state index in [4.69, 9.17) is 4.74 Å². The molecule has 1 saturated carbocycles. The number of likely N-dealkylation sites (N-methyl/N-ethyl adjacent to an activating group) is 2. The Labute approximate surface area is 150 Å². The SMILES string of the molecule is CNC(=O)C1(COC)CCCN1CC(=O)N(C)C1(C#N)CCCCC1. The molecule has 0 spiro atoms. The smallest absolute Gasteiger partial charge is 0.242 e. The van der Waals surface area contributed by atoms with Crippen molar-refractivity contribution in [1.82, 2.24) is 15.1 Å². The summed E-state index contributed by atoms with van der Waals surface area (Å²) in [6.45, 7) is 1.07. The van der Waals surface area contributed by atoms with E-state index in [2.05, 4.69) is 11.4 Å². The number of hydrogen-bond donors (Lipinski definition) is 1. The van der Waals surface area contributed by atoms with Crippen molar-refractivity contribution in [3.8, 4) is 6.07 Å². The molecule has 0 aromatic heterocycles. The summed E-state index contributed by atoms with van der Waals surface area (Å²) < 4.78 is 5.30. The number of rotatable bonds is 6. The first-order valence-corrected chi connectivity index (χ1v) is 9.10. The molecule has 2 fully saturated rings. The highest BCUT2D eigenvalue weighted by atomic mass is 16.5. The van der Waals surface area contributed by atoms with Crippen LogP contribution in [-0.2, 0) is 14.3 Å². The molecular weight excluding hydrogens is 320 g/mol. The van der Waals surface area contributed by atoms with Crippen molar-refractivity contribution in [3.05, 3.63) is 0 Å². The Hall–Kier alpha value is -1.65. The molecule has 1 unspecified atom stereocenters. The van der Waals surface area contributed by atoms with E-state index in [1.807, 2.05) is 4.90 Å². The van der Waals surface area contributed by atoms with E-state index in [1.165, 1.54) is 0 Å². The number of likely N-dealkylation sites (tertiary alicyclic amines) is 1. The van der Waals surface area contributed by atoms with Gasteiger partial charge in [0, 0.05) is 21.2 Å². The average Bonchev–Trinajstić information content (AvgIpc) is 3.04. The maximum atomic E-state index is 12.9. The van der Waals surface area contributed by atoms with E-state index in [0.29, 0.717) is 13.0 Å². The molecule has 1 aliphatic heterocycles. The molecule has 1 saturated heterocycles. The number of amides is 2. The third-order valence-corrected chi connectivity index (χ3v) is 5.89. The molecule has 1 atom stereocenters. The molecule has 0 bridgehead atoms. The van der Waals surface area contributed by atoms with Crippen molar-refractivity contribution in [3.63, 3.8) is 0 Å². The molecule has 1 aliphatic carbocycles. The van der Waals surface area contributed by atoms with Crippen molar-refractivity contribution in [2.45, 2.75) is 56.0 Å². The van der Waals surface area contributed by atoms with E-state index in [0.717, 1.165) is 38.5 Å². The Morgan fingerprint density at radius 1 is 1.24 bits per heavy atom. The predicted molar refractivity (Wildman–Crippen MR) is 93.7 cm³/mol. The highest BCUT2D eigenvalue weighted by molar-refractivity contribution is 5.88. The predicted octanol–water partition coefficient (Wildman–Crippen LogP) is 0.898. The number of hydrogen-bond acceptors (Lipinski definition) is 5. The zero-order valence-corrected chi connectivity index (χ0v) is 15.6. The van der Waals surface area contributed by atoms with Crippen LogP contribution in [0.15, 0.2) is 0 Å². The van der Waals surface area contributed by atoms with Crippen LogP contribution < -0.4 is 5.32 Å². The van der Waals surface area contributed by atoms with E-state index in [-0.39, 0.29) is 25.0 Å². The lowest BCUT2D eigenvalue weighted by Crippen LogP contribution is -2.61. The number of ether oxygens (including phenoxy) is 1. The molecule has 7 nitrogen and oxygen atoms in total. The maximum Gasteiger partial charge on any atom is 0.242 e. The van der Waals surface area contributed by atoms with Crippen LogP contribution in [0.1, 0.15) is 44.9 Å². The molecule has 0 aromatic rings. The largest absolute Gasteiger partial charge is 0.382 e. The minimum atomic E-state index is -0.799. The maximum absolute atomic E-state index is 12.9. The molecule has 2 amide bonds. The van der Waals surface area contributed by atoms with Crippen LogP contribution >= 0.6 is 0 Å². The molecular formula is C18H30N4O3. The summed E-state index contributed by atoms with van der Waals surface area (Å²) in [5.74, 6) is -0.218.